The molecule has 86 valence electrons. The molecule has 1 aromatic rings. The van der Waals surface area contributed by atoms with Crippen LogP contribution in [-0.4, -0.2) is 23.7 Å². The second-order valence-corrected chi connectivity index (χ2v) is 3.91. The fourth-order valence-electron chi connectivity index (χ4n) is 1.08. The van der Waals surface area contributed by atoms with Gasteiger partial charge < -0.3 is 10.4 Å². The van der Waals surface area contributed by atoms with Gasteiger partial charge in [0.15, 0.2) is 0 Å². The van der Waals surface area contributed by atoms with Crippen molar-refractivity contribution in [3.63, 3.8) is 0 Å². The first-order chi connectivity index (χ1) is 7.61. The molecular formula is C12H14ClNO2. The van der Waals surface area contributed by atoms with E-state index in [9.17, 15) is 4.79 Å². The van der Waals surface area contributed by atoms with Crippen molar-refractivity contribution in [3.8, 4) is 0 Å². The zero-order valence-corrected chi connectivity index (χ0v) is 9.74. The van der Waals surface area contributed by atoms with Gasteiger partial charge in [-0.1, -0.05) is 23.7 Å². The van der Waals surface area contributed by atoms with Crippen LogP contribution in [-0.2, 0) is 4.79 Å². The molecule has 3 nitrogen and oxygen atoms in total. The van der Waals surface area contributed by atoms with Gasteiger partial charge in [0.25, 0.3) is 0 Å². The maximum absolute atomic E-state index is 11.3. The lowest BCUT2D eigenvalue weighted by atomic mass is 10.2. The number of hydrogen-bond acceptors (Lipinski definition) is 2. The monoisotopic (exact) mass is 239 g/mol. The molecule has 0 heterocycles. The highest BCUT2D eigenvalue weighted by molar-refractivity contribution is 6.30. The fourth-order valence-corrected chi connectivity index (χ4v) is 1.21. The number of benzene rings is 1. The number of rotatable bonds is 4. The molecule has 0 aliphatic heterocycles. The zero-order chi connectivity index (χ0) is 12.0. The van der Waals surface area contributed by atoms with Gasteiger partial charge in [-0.2, -0.15) is 0 Å². The predicted octanol–water partition coefficient (Wildman–Crippen LogP) is 1.85. The first-order valence-electron chi connectivity index (χ1n) is 4.97. The molecule has 2 N–H and O–H groups in total. The van der Waals surface area contributed by atoms with Gasteiger partial charge >= 0.3 is 0 Å². The molecule has 4 heteroatoms. The van der Waals surface area contributed by atoms with Crippen LogP contribution in [0, 0.1) is 0 Å². The summed E-state index contributed by atoms with van der Waals surface area (Å²) in [6, 6.07) is 6.93. The number of halogens is 1. The quantitative estimate of drug-likeness (QED) is 0.788. The van der Waals surface area contributed by atoms with Crippen molar-refractivity contribution in [1.82, 2.24) is 5.32 Å². The van der Waals surface area contributed by atoms with E-state index in [1.807, 2.05) is 12.1 Å². The van der Waals surface area contributed by atoms with Crippen LogP contribution in [0.5, 0.6) is 0 Å². The Hall–Kier alpha value is -1.32. The molecule has 1 rings (SSSR count). The lowest BCUT2D eigenvalue weighted by Gasteiger charge is -2.07. The van der Waals surface area contributed by atoms with E-state index >= 15 is 0 Å². The maximum Gasteiger partial charge on any atom is 0.244 e. The predicted molar refractivity (Wildman–Crippen MR) is 65.2 cm³/mol. The minimum absolute atomic E-state index is 0.0689. The van der Waals surface area contributed by atoms with Crippen LogP contribution in [0.25, 0.3) is 6.08 Å². The van der Waals surface area contributed by atoms with Crippen molar-refractivity contribution in [2.45, 2.75) is 13.0 Å². The largest absolute Gasteiger partial charge is 0.394 e. The normalized spacial score (nSPS) is 12.7. The first-order valence-corrected chi connectivity index (χ1v) is 5.34. The van der Waals surface area contributed by atoms with Crippen molar-refractivity contribution in [3.05, 3.63) is 40.9 Å². The summed E-state index contributed by atoms with van der Waals surface area (Å²) in [5.41, 5.74) is 0.899. The topological polar surface area (TPSA) is 49.3 Å². The molecule has 0 saturated carbocycles. The van der Waals surface area contributed by atoms with Gasteiger partial charge in [-0.05, 0) is 30.7 Å². The molecule has 0 bridgehead atoms. The molecule has 0 aliphatic rings. The van der Waals surface area contributed by atoms with E-state index in [1.54, 1.807) is 25.1 Å². The molecule has 0 radical (unpaired) electrons. The Balaban J connectivity index is 2.53. The number of aliphatic hydroxyl groups is 1. The molecule has 0 saturated heterocycles. The van der Waals surface area contributed by atoms with E-state index in [0.29, 0.717) is 5.02 Å². The average molecular weight is 240 g/mol. The number of carbonyl (C=O) groups excluding carboxylic acids is 1. The molecule has 0 aliphatic carbocycles. The summed E-state index contributed by atoms with van der Waals surface area (Å²) >= 11 is 5.73. The first kappa shape index (κ1) is 12.7. The highest BCUT2D eigenvalue weighted by Crippen LogP contribution is 2.10. The minimum Gasteiger partial charge on any atom is -0.394 e. The van der Waals surface area contributed by atoms with E-state index in [4.69, 9.17) is 16.7 Å². The van der Waals surface area contributed by atoms with Gasteiger partial charge in [0, 0.05) is 17.1 Å². The van der Waals surface area contributed by atoms with Crippen LogP contribution in [0.3, 0.4) is 0 Å². The molecule has 0 spiro atoms. The molecule has 1 amide bonds. The standard InChI is InChI=1S/C12H14ClNO2/c1-9(8-15)14-12(16)7-4-10-2-5-11(13)6-3-10/h2-7,9,15H,8H2,1H3,(H,14,16)/t9-/m1/s1. The Labute approximate surface area is 99.7 Å². The van der Waals surface area contributed by atoms with E-state index in [2.05, 4.69) is 5.32 Å². The van der Waals surface area contributed by atoms with Crippen molar-refractivity contribution >= 4 is 23.6 Å². The molecule has 16 heavy (non-hydrogen) atoms. The van der Waals surface area contributed by atoms with Crippen LogP contribution >= 0.6 is 11.6 Å². The molecule has 1 aromatic carbocycles. The van der Waals surface area contributed by atoms with Crippen molar-refractivity contribution in [2.24, 2.45) is 0 Å². The number of nitrogens with one attached hydrogen (secondary N) is 1. The molecular weight excluding hydrogens is 226 g/mol. The Kier molecular flexibility index (Phi) is 5.02. The summed E-state index contributed by atoms with van der Waals surface area (Å²) in [6.07, 6.45) is 3.12. The summed E-state index contributed by atoms with van der Waals surface area (Å²) in [4.78, 5) is 11.3. The second-order valence-electron chi connectivity index (χ2n) is 3.48. The van der Waals surface area contributed by atoms with Gasteiger partial charge in [0.05, 0.1) is 6.61 Å². The Bertz CT molecular complexity index is 373. The van der Waals surface area contributed by atoms with Gasteiger partial charge in [-0.15, -0.1) is 0 Å². The fraction of sp³-hybridized carbons (Fsp3) is 0.250. The van der Waals surface area contributed by atoms with Crippen molar-refractivity contribution < 1.29 is 9.90 Å². The second kappa shape index (κ2) is 6.30. The summed E-state index contributed by atoms with van der Waals surface area (Å²) in [5, 5.41) is 12.0. The average Bonchev–Trinajstić information content (AvgIpc) is 2.28. The maximum atomic E-state index is 11.3. The minimum atomic E-state index is -0.234. The SMILES string of the molecule is C[C@H](CO)NC(=O)C=Cc1ccc(Cl)cc1. The summed E-state index contributed by atoms with van der Waals surface area (Å²) in [7, 11) is 0. The molecule has 0 unspecified atom stereocenters. The van der Waals surface area contributed by atoms with E-state index in [-0.39, 0.29) is 18.6 Å². The summed E-state index contributed by atoms with van der Waals surface area (Å²) in [6.45, 7) is 1.66. The van der Waals surface area contributed by atoms with E-state index in [0.717, 1.165) is 5.56 Å². The smallest absolute Gasteiger partial charge is 0.244 e. The molecule has 0 aromatic heterocycles. The number of aliphatic hydroxyl groups excluding tert-OH is 1. The van der Waals surface area contributed by atoms with Gasteiger partial charge in [-0.25, -0.2) is 0 Å². The lowest BCUT2D eigenvalue weighted by Crippen LogP contribution is -2.33. The van der Waals surface area contributed by atoms with E-state index in [1.165, 1.54) is 6.08 Å². The molecule has 1 atom stereocenters. The number of carbonyl (C=O) groups is 1. The van der Waals surface area contributed by atoms with Crippen molar-refractivity contribution in [2.75, 3.05) is 6.61 Å². The summed E-state index contributed by atoms with van der Waals surface area (Å²) in [5.74, 6) is -0.225. The number of hydrogen-bond donors (Lipinski definition) is 2. The van der Waals surface area contributed by atoms with Gasteiger partial charge in [-0.3, -0.25) is 4.79 Å². The van der Waals surface area contributed by atoms with Gasteiger partial charge in [0.1, 0.15) is 0 Å². The molecule has 0 fully saturated rings. The van der Waals surface area contributed by atoms with Crippen LogP contribution < -0.4 is 5.32 Å². The third-order valence-corrected chi connectivity index (χ3v) is 2.21. The Morgan fingerprint density at radius 2 is 2.12 bits per heavy atom. The lowest BCUT2D eigenvalue weighted by molar-refractivity contribution is -0.117. The van der Waals surface area contributed by atoms with Crippen LogP contribution in [0.15, 0.2) is 30.3 Å². The zero-order valence-electron chi connectivity index (χ0n) is 8.98. The van der Waals surface area contributed by atoms with Crippen LogP contribution in [0.1, 0.15) is 12.5 Å². The Morgan fingerprint density at radius 3 is 2.69 bits per heavy atom. The highest BCUT2D eigenvalue weighted by Gasteiger charge is 2.01. The van der Waals surface area contributed by atoms with Gasteiger partial charge in [0.2, 0.25) is 5.91 Å². The Morgan fingerprint density at radius 1 is 1.50 bits per heavy atom. The number of amides is 1. The third kappa shape index (κ3) is 4.47. The highest BCUT2D eigenvalue weighted by atomic mass is 35.5. The third-order valence-electron chi connectivity index (χ3n) is 1.96. The van der Waals surface area contributed by atoms with E-state index < -0.39 is 0 Å². The van der Waals surface area contributed by atoms with Crippen molar-refractivity contribution in [1.29, 1.82) is 0 Å². The van der Waals surface area contributed by atoms with Crippen LogP contribution in [0.4, 0.5) is 0 Å². The summed E-state index contributed by atoms with van der Waals surface area (Å²) < 4.78 is 0. The van der Waals surface area contributed by atoms with Crippen LogP contribution in [0.2, 0.25) is 5.02 Å².